The van der Waals surface area contributed by atoms with Crippen LogP contribution in [0.5, 0.6) is 0 Å². The molecule has 6 heteroatoms. The van der Waals surface area contributed by atoms with Gasteiger partial charge in [-0.2, -0.15) is 0 Å². The van der Waals surface area contributed by atoms with E-state index in [1.54, 1.807) is 12.1 Å². The van der Waals surface area contributed by atoms with E-state index in [2.05, 4.69) is 15.3 Å². The minimum absolute atomic E-state index is 0.439. The Morgan fingerprint density at radius 3 is 2.55 bits per heavy atom. The van der Waals surface area contributed by atoms with Gasteiger partial charge >= 0.3 is 0 Å². The van der Waals surface area contributed by atoms with Crippen LogP contribution in [0, 0.1) is 6.92 Å². The lowest BCUT2D eigenvalue weighted by Crippen LogP contribution is -2.03. The van der Waals surface area contributed by atoms with Gasteiger partial charge in [-0.3, -0.25) is 0 Å². The SMILES string of the molecule is Cc1c(Cl)nc(C2CC2)nc1Nc1ccc(Cl)cc1Cl. The van der Waals surface area contributed by atoms with Crippen LogP contribution in [0.4, 0.5) is 11.5 Å². The van der Waals surface area contributed by atoms with Crippen LogP contribution in [-0.2, 0) is 0 Å². The lowest BCUT2D eigenvalue weighted by molar-refractivity contribution is 0.922. The van der Waals surface area contributed by atoms with E-state index in [-0.39, 0.29) is 0 Å². The monoisotopic (exact) mass is 327 g/mol. The molecular weight excluding hydrogens is 317 g/mol. The maximum atomic E-state index is 6.18. The van der Waals surface area contributed by atoms with Gasteiger partial charge < -0.3 is 5.32 Å². The van der Waals surface area contributed by atoms with Crippen LogP contribution in [0.1, 0.15) is 30.1 Å². The molecule has 1 aromatic carbocycles. The fourth-order valence-corrected chi connectivity index (χ4v) is 2.50. The first-order valence-corrected chi connectivity index (χ1v) is 7.44. The molecule has 104 valence electrons. The number of nitrogens with zero attached hydrogens (tertiary/aromatic N) is 2. The number of halogens is 3. The van der Waals surface area contributed by atoms with Gasteiger partial charge in [0.15, 0.2) is 0 Å². The Balaban J connectivity index is 1.97. The quantitative estimate of drug-likeness (QED) is 0.770. The van der Waals surface area contributed by atoms with E-state index in [4.69, 9.17) is 34.8 Å². The van der Waals surface area contributed by atoms with Crippen molar-refractivity contribution in [2.75, 3.05) is 5.32 Å². The molecule has 1 aliphatic carbocycles. The van der Waals surface area contributed by atoms with Gasteiger partial charge in [-0.25, -0.2) is 9.97 Å². The Morgan fingerprint density at radius 2 is 1.90 bits per heavy atom. The zero-order chi connectivity index (χ0) is 14.3. The minimum Gasteiger partial charge on any atom is -0.339 e. The van der Waals surface area contributed by atoms with Crippen molar-refractivity contribution in [3.63, 3.8) is 0 Å². The van der Waals surface area contributed by atoms with Crippen molar-refractivity contribution in [2.24, 2.45) is 0 Å². The molecule has 3 nitrogen and oxygen atoms in total. The molecule has 0 bridgehead atoms. The number of aromatic nitrogens is 2. The Labute approximate surface area is 132 Å². The molecule has 1 N–H and O–H groups in total. The molecule has 0 amide bonds. The topological polar surface area (TPSA) is 37.8 Å². The van der Waals surface area contributed by atoms with Crippen LogP contribution in [0.3, 0.4) is 0 Å². The van der Waals surface area contributed by atoms with Crippen LogP contribution >= 0.6 is 34.8 Å². The normalized spacial score (nSPS) is 14.4. The van der Waals surface area contributed by atoms with Crippen molar-refractivity contribution in [1.29, 1.82) is 0 Å². The van der Waals surface area contributed by atoms with E-state index < -0.39 is 0 Å². The Hall–Kier alpha value is -1.03. The summed E-state index contributed by atoms with van der Waals surface area (Å²) in [5, 5.41) is 4.82. The van der Waals surface area contributed by atoms with Gasteiger partial charge in [0.2, 0.25) is 0 Å². The molecule has 0 aliphatic heterocycles. The van der Waals surface area contributed by atoms with Crippen molar-refractivity contribution >= 4 is 46.3 Å². The predicted molar refractivity (Wildman–Crippen MR) is 83.5 cm³/mol. The van der Waals surface area contributed by atoms with E-state index >= 15 is 0 Å². The molecule has 0 spiro atoms. The summed E-state index contributed by atoms with van der Waals surface area (Å²) in [7, 11) is 0. The minimum atomic E-state index is 0.439. The first kappa shape index (κ1) is 13.9. The van der Waals surface area contributed by atoms with E-state index in [9.17, 15) is 0 Å². The number of anilines is 2. The number of benzene rings is 1. The summed E-state index contributed by atoms with van der Waals surface area (Å²) < 4.78 is 0. The third-order valence-corrected chi connectivity index (χ3v) is 4.15. The molecule has 1 aliphatic rings. The van der Waals surface area contributed by atoms with Gasteiger partial charge in [0, 0.05) is 16.5 Å². The lowest BCUT2D eigenvalue weighted by Gasteiger charge is -2.12. The van der Waals surface area contributed by atoms with Crippen LogP contribution < -0.4 is 5.32 Å². The molecule has 0 atom stereocenters. The molecule has 3 rings (SSSR count). The molecule has 0 unspecified atom stereocenters. The summed E-state index contributed by atoms with van der Waals surface area (Å²) in [5.74, 6) is 1.93. The molecule has 20 heavy (non-hydrogen) atoms. The molecule has 2 aromatic rings. The first-order chi connectivity index (χ1) is 9.54. The number of nitrogens with one attached hydrogen (secondary N) is 1. The number of hydrogen-bond donors (Lipinski definition) is 1. The highest BCUT2D eigenvalue weighted by atomic mass is 35.5. The van der Waals surface area contributed by atoms with Crippen molar-refractivity contribution in [3.8, 4) is 0 Å². The highest BCUT2D eigenvalue weighted by molar-refractivity contribution is 6.36. The van der Waals surface area contributed by atoms with Gasteiger partial charge in [-0.15, -0.1) is 0 Å². The maximum Gasteiger partial charge on any atom is 0.138 e. The predicted octanol–water partition coefficient (Wildman–Crippen LogP) is 5.37. The molecule has 1 fully saturated rings. The van der Waals surface area contributed by atoms with Crippen molar-refractivity contribution in [2.45, 2.75) is 25.7 Å². The lowest BCUT2D eigenvalue weighted by atomic mass is 10.2. The van der Waals surface area contributed by atoms with Crippen molar-refractivity contribution in [1.82, 2.24) is 9.97 Å². The average Bonchev–Trinajstić information content (AvgIpc) is 3.22. The van der Waals surface area contributed by atoms with Crippen LogP contribution in [-0.4, -0.2) is 9.97 Å². The third kappa shape index (κ3) is 2.85. The molecule has 1 aromatic heterocycles. The highest BCUT2D eigenvalue weighted by Crippen LogP contribution is 2.40. The van der Waals surface area contributed by atoms with Crippen LogP contribution in [0.2, 0.25) is 15.2 Å². The third-order valence-electron chi connectivity index (χ3n) is 3.23. The molecule has 1 heterocycles. The summed E-state index contributed by atoms with van der Waals surface area (Å²) in [6, 6.07) is 5.28. The largest absolute Gasteiger partial charge is 0.339 e. The van der Waals surface area contributed by atoms with E-state index in [1.165, 1.54) is 0 Å². The van der Waals surface area contributed by atoms with Gasteiger partial charge in [0.1, 0.15) is 16.8 Å². The first-order valence-electron chi connectivity index (χ1n) is 6.30. The second-order valence-corrected chi connectivity index (χ2v) is 6.07. The second kappa shape index (κ2) is 5.40. The summed E-state index contributed by atoms with van der Waals surface area (Å²) >= 11 is 18.2. The average molecular weight is 329 g/mol. The molecular formula is C14H12Cl3N3. The molecule has 0 saturated heterocycles. The summed E-state index contributed by atoms with van der Waals surface area (Å²) in [4.78, 5) is 8.89. The number of hydrogen-bond acceptors (Lipinski definition) is 3. The maximum absolute atomic E-state index is 6.18. The van der Waals surface area contributed by atoms with Gasteiger partial charge in [-0.05, 0) is 38.0 Å². The van der Waals surface area contributed by atoms with Crippen molar-refractivity contribution in [3.05, 3.63) is 44.8 Å². The Kier molecular flexibility index (Phi) is 3.76. The summed E-state index contributed by atoms with van der Waals surface area (Å²) in [6.45, 7) is 1.88. The van der Waals surface area contributed by atoms with Crippen LogP contribution in [0.15, 0.2) is 18.2 Å². The Bertz CT molecular complexity index is 669. The fraction of sp³-hybridized carbons (Fsp3) is 0.286. The van der Waals surface area contributed by atoms with Gasteiger partial charge in [0.25, 0.3) is 0 Å². The fourth-order valence-electron chi connectivity index (χ4n) is 1.87. The Morgan fingerprint density at radius 1 is 1.15 bits per heavy atom. The van der Waals surface area contributed by atoms with E-state index in [0.29, 0.717) is 26.9 Å². The van der Waals surface area contributed by atoms with E-state index in [1.807, 2.05) is 13.0 Å². The van der Waals surface area contributed by atoms with Gasteiger partial charge in [-0.1, -0.05) is 34.8 Å². The van der Waals surface area contributed by atoms with Gasteiger partial charge in [0.05, 0.1) is 10.7 Å². The van der Waals surface area contributed by atoms with Crippen LogP contribution in [0.25, 0.3) is 0 Å². The van der Waals surface area contributed by atoms with E-state index in [0.717, 1.165) is 29.9 Å². The molecule has 0 radical (unpaired) electrons. The zero-order valence-corrected chi connectivity index (χ0v) is 13.0. The standard InChI is InChI=1S/C14H12Cl3N3/c1-7-12(17)19-14(8-2-3-8)20-13(7)18-11-5-4-9(15)6-10(11)16/h4-6,8H,2-3H2,1H3,(H,18,19,20). The summed E-state index contributed by atoms with van der Waals surface area (Å²) in [5.41, 5.74) is 1.55. The molecule has 1 saturated carbocycles. The smallest absolute Gasteiger partial charge is 0.138 e. The zero-order valence-electron chi connectivity index (χ0n) is 10.8. The summed E-state index contributed by atoms with van der Waals surface area (Å²) in [6.07, 6.45) is 2.25. The second-order valence-electron chi connectivity index (χ2n) is 4.87. The highest BCUT2D eigenvalue weighted by Gasteiger charge is 2.28. The number of rotatable bonds is 3. The van der Waals surface area contributed by atoms with Crippen molar-refractivity contribution < 1.29 is 0 Å².